The number of carbonyl (C=O) groups is 1. The van der Waals surface area contributed by atoms with E-state index in [1.54, 1.807) is 30.1 Å². The number of aliphatic imine (C=N–C) groups is 1. The predicted molar refractivity (Wildman–Crippen MR) is 50.5 cm³/mol. The fraction of sp³-hybridized carbons (Fsp3) is 0.444. The van der Waals surface area contributed by atoms with Crippen LogP contribution in [0.25, 0.3) is 0 Å². The van der Waals surface area contributed by atoms with Crippen LogP contribution in [0.15, 0.2) is 17.3 Å². The van der Waals surface area contributed by atoms with Crippen LogP contribution in [0.2, 0.25) is 0 Å². The van der Waals surface area contributed by atoms with Crippen LogP contribution in [-0.4, -0.2) is 28.6 Å². The van der Waals surface area contributed by atoms with Crippen LogP contribution in [0.5, 0.6) is 0 Å². The lowest BCUT2D eigenvalue weighted by Crippen LogP contribution is -2.26. The molecule has 1 aromatic rings. The number of ether oxygens (including phenoxy) is 1. The Kier molecular flexibility index (Phi) is 2.30. The van der Waals surface area contributed by atoms with E-state index < -0.39 is 0 Å². The number of hydrogen-bond acceptors (Lipinski definition) is 4. The zero-order chi connectivity index (χ0) is 9.97. The van der Waals surface area contributed by atoms with Crippen molar-refractivity contribution in [2.45, 2.75) is 13.5 Å². The lowest BCUT2D eigenvalue weighted by molar-refractivity contribution is -0.145. The average Bonchev–Trinajstić information content (AvgIpc) is 2.64. The number of rotatable bonds is 2. The van der Waals surface area contributed by atoms with Crippen molar-refractivity contribution in [2.24, 2.45) is 10.9 Å². The lowest BCUT2D eigenvalue weighted by atomic mass is 10.1. The maximum absolute atomic E-state index is 11.4. The van der Waals surface area contributed by atoms with Gasteiger partial charge in [-0.1, -0.05) is 0 Å². The van der Waals surface area contributed by atoms with Gasteiger partial charge in [-0.25, -0.2) is 9.67 Å². The third-order valence-electron chi connectivity index (χ3n) is 2.04. The molecule has 74 valence electrons. The van der Waals surface area contributed by atoms with Crippen molar-refractivity contribution in [3.8, 4) is 0 Å². The minimum absolute atomic E-state index is 0.239. The summed E-state index contributed by atoms with van der Waals surface area (Å²) in [6.07, 6.45) is 3.29. The first-order valence-electron chi connectivity index (χ1n) is 4.54. The Morgan fingerprint density at radius 3 is 3.43 bits per heavy atom. The highest BCUT2D eigenvalue weighted by molar-refractivity contribution is 5.91. The molecule has 0 saturated heterocycles. The van der Waals surface area contributed by atoms with Gasteiger partial charge in [-0.2, -0.15) is 5.10 Å². The van der Waals surface area contributed by atoms with Crippen molar-refractivity contribution in [3.63, 3.8) is 0 Å². The molecule has 1 aliphatic rings. The summed E-state index contributed by atoms with van der Waals surface area (Å²) in [5.74, 6) is 0.241. The molecule has 1 aromatic heterocycles. The van der Waals surface area contributed by atoms with Crippen LogP contribution in [0.1, 0.15) is 6.92 Å². The number of nitrogens with zero attached hydrogens (tertiary/aromatic N) is 3. The molecular weight excluding hydrogens is 182 g/mol. The van der Waals surface area contributed by atoms with Gasteiger partial charge in [-0.15, -0.1) is 0 Å². The molecule has 1 atom stereocenters. The summed E-state index contributed by atoms with van der Waals surface area (Å²) in [6.45, 7) is 2.71. The largest absolute Gasteiger partial charge is 0.465 e. The van der Waals surface area contributed by atoms with Crippen molar-refractivity contribution < 1.29 is 9.53 Å². The molecule has 0 aromatic carbocycles. The molecular formula is C9H11N3O2. The Morgan fingerprint density at radius 2 is 2.64 bits per heavy atom. The molecule has 0 fully saturated rings. The van der Waals surface area contributed by atoms with Gasteiger partial charge in [0.2, 0.25) is 0 Å². The minimum atomic E-state index is -0.303. The Labute approximate surface area is 81.4 Å². The summed E-state index contributed by atoms with van der Waals surface area (Å²) < 4.78 is 6.60. The first-order valence-corrected chi connectivity index (χ1v) is 4.54. The third kappa shape index (κ3) is 1.53. The first-order chi connectivity index (χ1) is 6.81. The second-order valence-electron chi connectivity index (χ2n) is 3.01. The van der Waals surface area contributed by atoms with Gasteiger partial charge in [0.05, 0.1) is 19.3 Å². The minimum Gasteiger partial charge on any atom is -0.465 e. The van der Waals surface area contributed by atoms with Crippen molar-refractivity contribution in [1.29, 1.82) is 0 Å². The fourth-order valence-electron chi connectivity index (χ4n) is 1.36. The summed E-state index contributed by atoms with van der Waals surface area (Å²) in [5, 5.41) is 4.04. The van der Waals surface area contributed by atoms with Crippen LogP contribution < -0.4 is 0 Å². The molecule has 0 saturated carbocycles. The zero-order valence-corrected chi connectivity index (χ0v) is 7.88. The number of carbonyl (C=O) groups excluding carboxylic acids is 1. The maximum Gasteiger partial charge on any atom is 0.316 e. The van der Waals surface area contributed by atoms with Gasteiger partial charge in [-0.3, -0.25) is 4.79 Å². The molecule has 0 N–H and O–H groups in total. The molecule has 1 unspecified atom stereocenters. The SMILES string of the molecule is CCOC(=O)C1C=Nc2ccnn2C1. The monoisotopic (exact) mass is 193 g/mol. The van der Waals surface area contributed by atoms with Crippen LogP contribution in [0, 0.1) is 5.92 Å². The molecule has 0 spiro atoms. The second-order valence-corrected chi connectivity index (χ2v) is 3.01. The summed E-state index contributed by atoms with van der Waals surface area (Å²) in [6, 6.07) is 1.80. The van der Waals surface area contributed by atoms with E-state index in [9.17, 15) is 4.79 Å². The van der Waals surface area contributed by atoms with Crippen LogP contribution in [0.4, 0.5) is 5.82 Å². The Balaban J connectivity index is 2.10. The molecule has 0 bridgehead atoms. The summed E-state index contributed by atoms with van der Waals surface area (Å²) in [5.41, 5.74) is 0. The number of hydrogen-bond donors (Lipinski definition) is 0. The van der Waals surface area contributed by atoms with E-state index in [1.807, 2.05) is 0 Å². The van der Waals surface area contributed by atoms with E-state index in [-0.39, 0.29) is 11.9 Å². The van der Waals surface area contributed by atoms with Gasteiger partial charge in [0.15, 0.2) is 0 Å². The lowest BCUT2D eigenvalue weighted by Gasteiger charge is -2.15. The van der Waals surface area contributed by atoms with Crippen LogP contribution in [0.3, 0.4) is 0 Å². The van der Waals surface area contributed by atoms with Gasteiger partial charge in [-0.05, 0) is 6.92 Å². The van der Waals surface area contributed by atoms with E-state index in [2.05, 4.69) is 10.1 Å². The quantitative estimate of drug-likeness (QED) is 0.652. The van der Waals surface area contributed by atoms with Gasteiger partial charge in [0, 0.05) is 12.3 Å². The van der Waals surface area contributed by atoms with E-state index in [0.29, 0.717) is 13.2 Å². The Morgan fingerprint density at radius 1 is 1.79 bits per heavy atom. The van der Waals surface area contributed by atoms with Crippen molar-refractivity contribution in [3.05, 3.63) is 12.3 Å². The standard InChI is InChI=1S/C9H11N3O2/c1-2-14-9(13)7-5-10-8-3-4-11-12(8)6-7/h3-5,7H,2,6H2,1H3. The van der Waals surface area contributed by atoms with Crippen LogP contribution in [-0.2, 0) is 16.1 Å². The van der Waals surface area contributed by atoms with E-state index in [1.165, 1.54) is 0 Å². The van der Waals surface area contributed by atoms with Crippen molar-refractivity contribution >= 4 is 18.0 Å². The molecule has 0 radical (unpaired) electrons. The smallest absolute Gasteiger partial charge is 0.316 e. The third-order valence-corrected chi connectivity index (χ3v) is 2.04. The number of aromatic nitrogens is 2. The normalized spacial score (nSPS) is 19.1. The molecule has 2 heterocycles. The van der Waals surface area contributed by atoms with Crippen LogP contribution >= 0.6 is 0 Å². The van der Waals surface area contributed by atoms with Gasteiger partial charge < -0.3 is 4.74 Å². The fourth-order valence-corrected chi connectivity index (χ4v) is 1.36. The Hall–Kier alpha value is -1.65. The van der Waals surface area contributed by atoms with Gasteiger partial charge in [0.25, 0.3) is 0 Å². The molecule has 0 amide bonds. The molecule has 5 heteroatoms. The highest BCUT2D eigenvalue weighted by Crippen LogP contribution is 2.18. The van der Waals surface area contributed by atoms with E-state index >= 15 is 0 Å². The molecule has 14 heavy (non-hydrogen) atoms. The molecule has 5 nitrogen and oxygen atoms in total. The summed E-state index contributed by atoms with van der Waals surface area (Å²) in [4.78, 5) is 15.5. The van der Waals surface area contributed by atoms with E-state index in [0.717, 1.165) is 5.82 Å². The van der Waals surface area contributed by atoms with E-state index in [4.69, 9.17) is 4.74 Å². The Bertz CT molecular complexity index is 370. The van der Waals surface area contributed by atoms with Crippen molar-refractivity contribution in [2.75, 3.05) is 6.61 Å². The molecule has 0 aliphatic carbocycles. The first kappa shape index (κ1) is 8.93. The van der Waals surface area contributed by atoms with Crippen molar-refractivity contribution in [1.82, 2.24) is 9.78 Å². The predicted octanol–water partition coefficient (Wildman–Crippen LogP) is 0.778. The van der Waals surface area contributed by atoms with Gasteiger partial charge in [0.1, 0.15) is 11.7 Å². The highest BCUT2D eigenvalue weighted by Gasteiger charge is 2.22. The summed E-state index contributed by atoms with van der Waals surface area (Å²) in [7, 11) is 0. The average molecular weight is 193 g/mol. The zero-order valence-electron chi connectivity index (χ0n) is 7.88. The highest BCUT2D eigenvalue weighted by atomic mass is 16.5. The number of fused-ring (bicyclic) bond motifs is 1. The summed E-state index contributed by atoms with van der Waals surface area (Å²) >= 11 is 0. The second kappa shape index (κ2) is 3.61. The molecule has 1 aliphatic heterocycles. The number of esters is 1. The van der Waals surface area contributed by atoms with Gasteiger partial charge >= 0.3 is 5.97 Å². The molecule has 2 rings (SSSR count). The topological polar surface area (TPSA) is 56.5 Å². The maximum atomic E-state index is 11.4.